The van der Waals surface area contributed by atoms with Crippen LogP contribution in [-0.4, -0.2) is 47.1 Å². The molecule has 1 aliphatic rings. The summed E-state index contributed by atoms with van der Waals surface area (Å²) in [5, 5.41) is 11.6. The van der Waals surface area contributed by atoms with Crippen molar-refractivity contribution in [1.29, 1.82) is 0 Å². The fourth-order valence-corrected chi connectivity index (χ4v) is 3.22. The van der Waals surface area contributed by atoms with E-state index in [1.54, 1.807) is 4.90 Å². The van der Waals surface area contributed by atoms with Crippen molar-refractivity contribution in [2.45, 2.75) is 71.9 Å². The lowest BCUT2D eigenvalue weighted by Gasteiger charge is -2.46. The maximum atomic E-state index is 11.6. The normalized spacial score (nSPS) is 19.1. The molecule has 4 nitrogen and oxygen atoms in total. The summed E-state index contributed by atoms with van der Waals surface area (Å²) in [4.78, 5) is 15.6. The molecule has 4 heteroatoms. The van der Waals surface area contributed by atoms with E-state index in [9.17, 15) is 9.90 Å². The molecular weight excluding hydrogens is 252 g/mol. The van der Waals surface area contributed by atoms with Gasteiger partial charge >= 0.3 is 0 Å². The third-order valence-electron chi connectivity index (χ3n) is 3.95. The Morgan fingerprint density at radius 3 is 2.15 bits per heavy atom. The van der Waals surface area contributed by atoms with E-state index < -0.39 is 11.6 Å². The Hall–Kier alpha value is -0.770. The van der Waals surface area contributed by atoms with E-state index in [1.807, 2.05) is 20.8 Å². The van der Waals surface area contributed by atoms with Gasteiger partial charge in [0.25, 0.3) is 0 Å². The molecule has 1 fully saturated rings. The van der Waals surface area contributed by atoms with E-state index >= 15 is 0 Å². The smallest absolute Gasteiger partial charge is 0.137 e. The van der Waals surface area contributed by atoms with Crippen LogP contribution < -0.4 is 5.11 Å². The molecule has 0 saturated carbocycles. The molecule has 1 rings (SSSR count). The fourth-order valence-electron chi connectivity index (χ4n) is 3.22. The number of carbonyl (C=O) groups excluding carboxylic acids is 1. The van der Waals surface area contributed by atoms with Crippen molar-refractivity contribution >= 4 is 6.09 Å². The van der Waals surface area contributed by atoms with Gasteiger partial charge in [-0.1, -0.05) is 20.3 Å². The predicted octanol–water partition coefficient (Wildman–Crippen LogP) is 2.33. The molecule has 1 saturated heterocycles. The van der Waals surface area contributed by atoms with Gasteiger partial charge in [0.2, 0.25) is 0 Å². The van der Waals surface area contributed by atoms with Crippen molar-refractivity contribution in [3.8, 4) is 0 Å². The number of rotatable bonds is 5. The number of piperidine rings is 1. The molecule has 0 bridgehead atoms. The molecule has 1 amide bonds. The molecule has 1 atom stereocenters. The lowest BCUT2D eigenvalue weighted by molar-refractivity contribution is -0.274. The molecular formula is C16H31N2O2-. The second-order valence-corrected chi connectivity index (χ2v) is 7.45. The van der Waals surface area contributed by atoms with Crippen LogP contribution in [0.4, 0.5) is 4.79 Å². The van der Waals surface area contributed by atoms with E-state index in [-0.39, 0.29) is 6.04 Å². The Labute approximate surface area is 124 Å². The van der Waals surface area contributed by atoms with Crippen LogP contribution in [0.15, 0.2) is 0 Å². The van der Waals surface area contributed by atoms with Crippen LogP contribution in [0.1, 0.15) is 60.3 Å². The van der Waals surface area contributed by atoms with Gasteiger partial charge in [-0.15, -0.1) is 0 Å². The molecule has 118 valence electrons. The fraction of sp³-hybridized carbons (Fsp3) is 0.938. The molecule has 1 aliphatic heterocycles. The minimum absolute atomic E-state index is 0.0260. The zero-order valence-corrected chi connectivity index (χ0v) is 13.8. The molecule has 0 unspecified atom stereocenters. The van der Waals surface area contributed by atoms with Gasteiger partial charge in [-0.05, 0) is 59.0 Å². The standard InChI is InChI=1S/C16H32N2O2/c1-13(2)11-14(12-17-9-7-6-8-10-17)18(15(19)20)16(3,4)5/h13-14H,6-12H2,1-5H3,(H,19,20)/p-1/t14-/m0/s1. The van der Waals surface area contributed by atoms with Crippen molar-refractivity contribution in [3.05, 3.63) is 0 Å². The summed E-state index contributed by atoms with van der Waals surface area (Å²) in [7, 11) is 0. The van der Waals surface area contributed by atoms with Gasteiger partial charge < -0.3 is 19.7 Å². The topological polar surface area (TPSA) is 46.6 Å². The summed E-state index contributed by atoms with van der Waals surface area (Å²) < 4.78 is 0. The molecule has 0 aliphatic carbocycles. The van der Waals surface area contributed by atoms with Gasteiger partial charge in [0, 0.05) is 18.1 Å². The van der Waals surface area contributed by atoms with Crippen molar-refractivity contribution in [2.24, 2.45) is 5.92 Å². The number of likely N-dealkylation sites (tertiary alicyclic amines) is 1. The van der Waals surface area contributed by atoms with E-state index in [2.05, 4.69) is 18.7 Å². The summed E-state index contributed by atoms with van der Waals surface area (Å²) in [5.74, 6) is 0.481. The summed E-state index contributed by atoms with van der Waals surface area (Å²) >= 11 is 0. The monoisotopic (exact) mass is 283 g/mol. The first-order valence-corrected chi connectivity index (χ1v) is 7.94. The van der Waals surface area contributed by atoms with Crippen molar-refractivity contribution < 1.29 is 9.90 Å². The number of carbonyl (C=O) groups is 1. The molecule has 0 N–H and O–H groups in total. The average Bonchev–Trinajstić information content (AvgIpc) is 2.26. The van der Waals surface area contributed by atoms with Gasteiger partial charge in [0.05, 0.1) is 0 Å². The number of carboxylic acid groups (broad SMARTS) is 1. The number of hydrogen-bond donors (Lipinski definition) is 0. The molecule has 0 aromatic heterocycles. The first kappa shape index (κ1) is 17.3. The van der Waals surface area contributed by atoms with Gasteiger partial charge in [0.1, 0.15) is 6.09 Å². The Morgan fingerprint density at radius 2 is 1.75 bits per heavy atom. The highest BCUT2D eigenvalue weighted by Crippen LogP contribution is 2.23. The van der Waals surface area contributed by atoms with Crippen LogP contribution in [0.25, 0.3) is 0 Å². The van der Waals surface area contributed by atoms with Crippen molar-refractivity contribution in [2.75, 3.05) is 19.6 Å². The summed E-state index contributed by atoms with van der Waals surface area (Å²) in [6.45, 7) is 13.2. The minimum Gasteiger partial charge on any atom is -0.530 e. The number of hydrogen-bond acceptors (Lipinski definition) is 3. The molecule has 0 radical (unpaired) electrons. The Kier molecular flexibility index (Phi) is 6.31. The minimum atomic E-state index is -1.04. The Morgan fingerprint density at radius 1 is 1.20 bits per heavy atom. The lowest BCUT2D eigenvalue weighted by atomic mass is 9.96. The van der Waals surface area contributed by atoms with Crippen molar-refractivity contribution in [1.82, 2.24) is 9.80 Å². The lowest BCUT2D eigenvalue weighted by Crippen LogP contribution is -2.59. The third kappa shape index (κ3) is 5.31. The first-order valence-electron chi connectivity index (χ1n) is 7.94. The second-order valence-electron chi connectivity index (χ2n) is 7.45. The molecule has 1 heterocycles. The van der Waals surface area contributed by atoms with Crippen LogP contribution in [0.3, 0.4) is 0 Å². The van der Waals surface area contributed by atoms with Gasteiger partial charge in [0.15, 0.2) is 0 Å². The predicted molar refractivity (Wildman–Crippen MR) is 80.5 cm³/mol. The summed E-state index contributed by atoms with van der Waals surface area (Å²) in [6.07, 6.45) is 3.61. The maximum Gasteiger partial charge on any atom is 0.137 e. The third-order valence-corrected chi connectivity index (χ3v) is 3.95. The highest BCUT2D eigenvalue weighted by atomic mass is 16.4. The van der Waals surface area contributed by atoms with Crippen LogP contribution >= 0.6 is 0 Å². The van der Waals surface area contributed by atoms with Gasteiger partial charge in [-0.2, -0.15) is 0 Å². The van der Waals surface area contributed by atoms with Crippen LogP contribution in [-0.2, 0) is 0 Å². The van der Waals surface area contributed by atoms with E-state index in [0.29, 0.717) is 5.92 Å². The second kappa shape index (κ2) is 7.30. The van der Waals surface area contributed by atoms with Crippen LogP contribution in [0.2, 0.25) is 0 Å². The highest BCUT2D eigenvalue weighted by molar-refractivity contribution is 5.64. The van der Waals surface area contributed by atoms with Crippen molar-refractivity contribution in [3.63, 3.8) is 0 Å². The van der Waals surface area contributed by atoms with Crippen LogP contribution in [0.5, 0.6) is 0 Å². The zero-order chi connectivity index (χ0) is 15.3. The first-order chi connectivity index (χ1) is 9.21. The van der Waals surface area contributed by atoms with E-state index in [4.69, 9.17) is 0 Å². The molecule has 0 aromatic carbocycles. The number of amides is 1. The molecule has 20 heavy (non-hydrogen) atoms. The molecule has 0 aromatic rings. The van der Waals surface area contributed by atoms with Gasteiger partial charge in [-0.25, -0.2) is 0 Å². The quantitative estimate of drug-likeness (QED) is 0.778. The Balaban J connectivity index is 2.82. The van der Waals surface area contributed by atoms with E-state index in [0.717, 1.165) is 26.1 Å². The average molecular weight is 283 g/mol. The van der Waals surface area contributed by atoms with Crippen LogP contribution in [0, 0.1) is 5.92 Å². The largest absolute Gasteiger partial charge is 0.530 e. The number of nitrogens with zero attached hydrogens (tertiary/aromatic N) is 2. The van der Waals surface area contributed by atoms with Gasteiger partial charge in [-0.3, -0.25) is 0 Å². The molecule has 0 spiro atoms. The summed E-state index contributed by atoms with van der Waals surface area (Å²) in [5.41, 5.74) is -0.409. The highest BCUT2D eigenvalue weighted by Gasteiger charge is 2.31. The van der Waals surface area contributed by atoms with E-state index in [1.165, 1.54) is 19.3 Å². The zero-order valence-electron chi connectivity index (χ0n) is 13.8. The maximum absolute atomic E-state index is 11.6. The summed E-state index contributed by atoms with van der Waals surface area (Å²) in [6, 6.07) is 0.0260. The Bertz CT molecular complexity index is 304. The SMILES string of the molecule is CC(C)C[C@@H](CN1CCCCC1)N(C(=O)[O-])C(C)(C)C.